The summed E-state index contributed by atoms with van der Waals surface area (Å²) in [4.78, 5) is 37.6. The van der Waals surface area contributed by atoms with Gasteiger partial charge in [-0.15, -0.1) is 0 Å². The van der Waals surface area contributed by atoms with E-state index in [1.807, 2.05) is 6.07 Å². The Morgan fingerprint density at radius 2 is 1.69 bits per heavy atom. The quantitative estimate of drug-likeness (QED) is 0.659. The van der Waals surface area contributed by atoms with Crippen LogP contribution < -0.4 is 10.9 Å². The van der Waals surface area contributed by atoms with Gasteiger partial charge >= 0.3 is 0 Å². The van der Waals surface area contributed by atoms with E-state index in [9.17, 15) is 14.4 Å². The van der Waals surface area contributed by atoms with Crippen molar-refractivity contribution in [2.45, 2.75) is 25.8 Å². The van der Waals surface area contributed by atoms with E-state index in [2.05, 4.69) is 10.4 Å². The van der Waals surface area contributed by atoms with Gasteiger partial charge in [-0.25, -0.2) is 4.68 Å². The van der Waals surface area contributed by atoms with Crippen LogP contribution in [0.2, 0.25) is 0 Å². The molecule has 1 aliphatic rings. The van der Waals surface area contributed by atoms with E-state index in [1.165, 1.54) is 4.68 Å². The van der Waals surface area contributed by atoms with Crippen molar-refractivity contribution in [3.05, 3.63) is 99.0 Å². The van der Waals surface area contributed by atoms with Crippen molar-refractivity contribution in [2.24, 2.45) is 0 Å². The van der Waals surface area contributed by atoms with Crippen molar-refractivity contribution in [3.8, 4) is 0 Å². The summed E-state index contributed by atoms with van der Waals surface area (Å²) in [5.74, 6) is -0.549. The second-order valence-electron chi connectivity index (χ2n) is 7.03. The minimum atomic E-state index is -0.348. The Morgan fingerprint density at radius 1 is 0.966 bits per heavy atom. The van der Waals surface area contributed by atoms with E-state index in [0.29, 0.717) is 16.7 Å². The number of hydrogen-bond donors (Lipinski definition) is 1. The van der Waals surface area contributed by atoms with Gasteiger partial charge in [-0.2, -0.15) is 5.10 Å². The summed E-state index contributed by atoms with van der Waals surface area (Å²) in [6.45, 7) is 0.533. The number of rotatable bonds is 6. The van der Waals surface area contributed by atoms with Gasteiger partial charge in [-0.05, 0) is 30.9 Å². The van der Waals surface area contributed by atoms with Gasteiger partial charge in [0.15, 0.2) is 5.78 Å². The summed E-state index contributed by atoms with van der Waals surface area (Å²) < 4.78 is 1.39. The molecule has 4 rings (SSSR count). The SMILES string of the molecule is O=C(NCCn1nc2c(cc1=O)CCC2)c1ccccc1C(=O)c1ccccc1. The van der Waals surface area contributed by atoms with Crippen molar-refractivity contribution in [1.82, 2.24) is 15.1 Å². The Morgan fingerprint density at radius 3 is 2.48 bits per heavy atom. The molecule has 1 aromatic heterocycles. The molecule has 6 heteroatoms. The number of nitrogens with zero attached hydrogens (tertiary/aromatic N) is 2. The van der Waals surface area contributed by atoms with Crippen LogP contribution in [0.3, 0.4) is 0 Å². The Hall–Kier alpha value is -3.54. The lowest BCUT2D eigenvalue weighted by molar-refractivity contribution is 0.0940. The largest absolute Gasteiger partial charge is 0.350 e. The highest BCUT2D eigenvalue weighted by atomic mass is 16.2. The molecule has 146 valence electrons. The summed E-state index contributed by atoms with van der Waals surface area (Å²) >= 11 is 0. The van der Waals surface area contributed by atoms with Gasteiger partial charge < -0.3 is 5.32 Å². The van der Waals surface area contributed by atoms with E-state index in [0.717, 1.165) is 30.5 Å². The van der Waals surface area contributed by atoms with Crippen LogP contribution >= 0.6 is 0 Å². The van der Waals surface area contributed by atoms with Crippen molar-refractivity contribution < 1.29 is 9.59 Å². The molecular weight excluding hydrogens is 366 g/mol. The maximum Gasteiger partial charge on any atom is 0.267 e. The second kappa shape index (κ2) is 8.22. The molecule has 0 saturated heterocycles. The predicted molar refractivity (Wildman–Crippen MR) is 109 cm³/mol. The van der Waals surface area contributed by atoms with E-state index in [4.69, 9.17) is 0 Å². The first kappa shape index (κ1) is 18.8. The van der Waals surface area contributed by atoms with Crippen molar-refractivity contribution in [2.75, 3.05) is 6.54 Å². The highest BCUT2D eigenvalue weighted by molar-refractivity contribution is 6.15. The average molecular weight is 387 g/mol. The lowest BCUT2D eigenvalue weighted by atomic mass is 9.98. The van der Waals surface area contributed by atoms with Crippen molar-refractivity contribution >= 4 is 11.7 Å². The summed E-state index contributed by atoms with van der Waals surface area (Å²) in [6, 6.07) is 17.3. The van der Waals surface area contributed by atoms with Crippen molar-refractivity contribution in [1.29, 1.82) is 0 Å². The first-order chi connectivity index (χ1) is 14.1. The minimum Gasteiger partial charge on any atom is -0.350 e. The molecule has 1 heterocycles. The van der Waals surface area contributed by atoms with Crippen LogP contribution in [0.15, 0.2) is 65.5 Å². The van der Waals surface area contributed by atoms with Gasteiger partial charge in [0.25, 0.3) is 11.5 Å². The maximum atomic E-state index is 12.8. The number of nitrogens with one attached hydrogen (secondary N) is 1. The molecule has 0 aliphatic heterocycles. The normalized spacial score (nSPS) is 12.4. The molecule has 0 saturated carbocycles. The maximum absolute atomic E-state index is 12.8. The smallest absolute Gasteiger partial charge is 0.267 e. The number of aryl methyl sites for hydroxylation is 2. The molecule has 1 aliphatic carbocycles. The van der Waals surface area contributed by atoms with E-state index in [-0.39, 0.29) is 30.3 Å². The first-order valence-electron chi connectivity index (χ1n) is 9.70. The Kier molecular flexibility index (Phi) is 5.33. The third kappa shape index (κ3) is 4.01. The topological polar surface area (TPSA) is 81.1 Å². The fourth-order valence-electron chi connectivity index (χ4n) is 3.59. The number of fused-ring (bicyclic) bond motifs is 1. The Balaban J connectivity index is 1.46. The zero-order chi connectivity index (χ0) is 20.2. The fourth-order valence-corrected chi connectivity index (χ4v) is 3.59. The third-order valence-corrected chi connectivity index (χ3v) is 5.09. The highest BCUT2D eigenvalue weighted by Crippen LogP contribution is 2.17. The monoisotopic (exact) mass is 387 g/mol. The molecule has 1 amide bonds. The van der Waals surface area contributed by atoms with E-state index < -0.39 is 0 Å². The zero-order valence-electron chi connectivity index (χ0n) is 15.9. The molecule has 1 N–H and O–H groups in total. The summed E-state index contributed by atoms with van der Waals surface area (Å²) in [7, 11) is 0. The molecule has 6 nitrogen and oxygen atoms in total. The molecule has 3 aromatic rings. The van der Waals surface area contributed by atoms with Crippen LogP contribution in [0.4, 0.5) is 0 Å². The summed E-state index contributed by atoms with van der Waals surface area (Å²) in [5.41, 5.74) is 3.04. The van der Waals surface area contributed by atoms with Gasteiger partial charge in [0.1, 0.15) is 0 Å². The van der Waals surface area contributed by atoms with Crippen LogP contribution in [-0.2, 0) is 19.4 Å². The summed E-state index contributed by atoms with van der Waals surface area (Å²) in [5, 5.41) is 7.20. The second-order valence-corrected chi connectivity index (χ2v) is 7.03. The predicted octanol–water partition coefficient (Wildman–Crippen LogP) is 2.39. The lowest BCUT2D eigenvalue weighted by Gasteiger charge is -2.11. The average Bonchev–Trinajstić information content (AvgIpc) is 3.21. The van der Waals surface area contributed by atoms with Gasteiger partial charge in [0, 0.05) is 23.7 Å². The molecule has 0 fully saturated rings. The van der Waals surface area contributed by atoms with Crippen LogP contribution in [0.1, 0.15) is 44.0 Å². The summed E-state index contributed by atoms with van der Waals surface area (Å²) in [6.07, 6.45) is 2.81. The van der Waals surface area contributed by atoms with Crippen LogP contribution in [-0.4, -0.2) is 28.0 Å². The van der Waals surface area contributed by atoms with E-state index >= 15 is 0 Å². The molecule has 0 atom stereocenters. The van der Waals surface area contributed by atoms with Crippen LogP contribution in [0.5, 0.6) is 0 Å². The van der Waals surface area contributed by atoms with Crippen molar-refractivity contribution in [3.63, 3.8) is 0 Å². The molecular formula is C23H21N3O3. The molecule has 2 aromatic carbocycles. The number of ketones is 1. The molecule has 0 spiro atoms. The number of hydrogen-bond acceptors (Lipinski definition) is 4. The Bertz CT molecular complexity index is 1120. The number of benzene rings is 2. The van der Waals surface area contributed by atoms with Gasteiger partial charge in [0.05, 0.1) is 17.8 Å². The molecule has 29 heavy (non-hydrogen) atoms. The standard InChI is InChI=1S/C23H21N3O3/c27-21-15-17-9-6-12-20(17)25-26(21)14-13-24-23(29)19-11-5-4-10-18(19)22(28)16-7-2-1-3-8-16/h1-5,7-8,10-11,15H,6,9,12-14H2,(H,24,29). The number of aromatic nitrogens is 2. The molecule has 0 unspecified atom stereocenters. The Labute approximate surface area is 168 Å². The number of carbonyl (C=O) groups is 2. The van der Waals surface area contributed by atoms with Gasteiger partial charge in [0.2, 0.25) is 0 Å². The van der Waals surface area contributed by atoms with Gasteiger partial charge in [-0.3, -0.25) is 14.4 Å². The fraction of sp³-hybridized carbons (Fsp3) is 0.217. The first-order valence-corrected chi connectivity index (χ1v) is 9.70. The minimum absolute atomic E-state index is 0.153. The molecule has 0 bridgehead atoms. The highest BCUT2D eigenvalue weighted by Gasteiger charge is 2.18. The van der Waals surface area contributed by atoms with Gasteiger partial charge in [-0.1, -0.05) is 48.5 Å². The zero-order valence-corrected chi connectivity index (χ0v) is 15.9. The van der Waals surface area contributed by atoms with Crippen LogP contribution in [0.25, 0.3) is 0 Å². The van der Waals surface area contributed by atoms with Crippen LogP contribution in [0, 0.1) is 0 Å². The number of carbonyl (C=O) groups excluding carboxylic acids is 2. The van der Waals surface area contributed by atoms with E-state index in [1.54, 1.807) is 54.6 Å². The lowest BCUT2D eigenvalue weighted by Crippen LogP contribution is -2.33. The number of amides is 1. The third-order valence-electron chi connectivity index (χ3n) is 5.09. The molecule has 0 radical (unpaired) electrons.